The molecule has 3 heterocycles. The Bertz CT molecular complexity index is 698. The van der Waals surface area contributed by atoms with E-state index in [0.29, 0.717) is 24.7 Å². The first kappa shape index (κ1) is 16.0. The standard InChI is InChI=1S/C15H20N6O3/c1-12-6-14(24-17-12)10-20-5-3-4-19(15(20)11-21(22)23)9-13-7-16-18(2)8-13/h6-8,11H,3-5,9-10H2,1-2H3/b15-11+. The molecule has 128 valence electrons. The Labute approximate surface area is 139 Å². The number of rotatable bonds is 5. The highest BCUT2D eigenvalue weighted by Gasteiger charge is 2.26. The topological polar surface area (TPSA) is 93.5 Å². The molecule has 0 unspecified atom stereocenters. The second-order valence-electron chi connectivity index (χ2n) is 5.93. The van der Waals surface area contributed by atoms with Crippen LogP contribution in [0.2, 0.25) is 0 Å². The van der Waals surface area contributed by atoms with E-state index in [0.717, 1.165) is 37.0 Å². The van der Waals surface area contributed by atoms with Gasteiger partial charge in [0.2, 0.25) is 0 Å². The Hall–Kier alpha value is -2.84. The molecule has 0 saturated carbocycles. The van der Waals surface area contributed by atoms with Gasteiger partial charge in [0.05, 0.1) is 23.4 Å². The summed E-state index contributed by atoms with van der Waals surface area (Å²) < 4.78 is 6.98. The van der Waals surface area contributed by atoms with Crippen LogP contribution in [-0.4, -0.2) is 42.7 Å². The van der Waals surface area contributed by atoms with Crippen LogP contribution >= 0.6 is 0 Å². The Morgan fingerprint density at radius 3 is 2.71 bits per heavy atom. The molecule has 9 nitrogen and oxygen atoms in total. The van der Waals surface area contributed by atoms with E-state index in [9.17, 15) is 10.1 Å². The molecule has 0 spiro atoms. The summed E-state index contributed by atoms with van der Waals surface area (Å²) in [5.74, 6) is 1.29. The molecule has 1 saturated heterocycles. The average molecular weight is 332 g/mol. The normalized spacial score (nSPS) is 16.8. The zero-order valence-corrected chi connectivity index (χ0v) is 13.8. The maximum absolute atomic E-state index is 11.1. The molecule has 24 heavy (non-hydrogen) atoms. The first-order valence-corrected chi connectivity index (χ1v) is 7.76. The monoisotopic (exact) mass is 332 g/mol. The van der Waals surface area contributed by atoms with E-state index >= 15 is 0 Å². The third-order valence-corrected chi connectivity index (χ3v) is 3.88. The molecule has 0 bridgehead atoms. The van der Waals surface area contributed by atoms with Crippen molar-refractivity contribution < 1.29 is 9.45 Å². The molecular weight excluding hydrogens is 312 g/mol. The largest absolute Gasteiger partial charge is 0.359 e. The van der Waals surface area contributed by atoms with Gasteiger partial charge in [-0.25, -0.2) is 0 Å². The summed E-state index contributed by atoms with van der Waals surface area (Å²) in [7, 11) is 1.85. The molecule has 0 atom stereocenters. The van der Waals surface area contributed by atoms with Crippen molar-refractivity contribution in [3.8, 4) is 0 Å². The van der Waals surface area contributed by atoms with Gasteiger partial charge >= 0.3 is 0 Å². The Kier molecular flexibility index (Phi) is 4.50. The summed E-state index contributed by atoms with van der Waals surface area (Å²) in [6.45, 7) is 4.40. The van der Waals surface area contributed by atoms with Gasteiger partial charge in [-0.3, -0.25) is 14.8 Å². The van der Waals surface area contributed by atoms with Gasteiger partial charge in [-0.2, -0.15) is 5.10 Å². The predicted octanol–water partition coefficient (Wildman–Crippen LogP) is 1.50. The van der Waals surface area contributed by atoms with Crippen molar-refractivity contribution in [3.63, 3.8) is 0 Å². The van der Waals surface area contributed by atoms with Crippen LogP contribution in [0, 0.1) is 17.0 Å². The first-order valence-electron chi connectivity index (χ1n) is 7.76. The quantitative estimate of drug-likeness (QED) is 0.605. The van der Waals surface area contributed by atoms with Gasteiger partial charge in [0.15, 0.2) is 11.6 Å². The summed E-state index contributed by atoms with van der Waals surface area (Å²) in [4.78, 5) is 14.7. The maximum atomic E-state index is 11.1. The van der Waals surface area contributed by atoms with Crippen LogP contribution in [0.15, 0.2) is 35.0 Å². The molecular formula is C15H20N6O3. The highest BCUT2D eigenvalue weighted by molar-refractivity contribution is 5.10. The molecule has 0 radical (unpaired) electrons. The highest BCUT2D eigenvalue weighted by Crippen LogP contribution is 2.23. The van der Waals surface area contributed by atoms with Gasteiger partial charge < -0.3 is 14.3 Å². The lowest BCUT2D eigenvalue weighted by molar-refractivity contribution is -0.405. The van der Waals surface area contributed by atoms with Crippen molar-refractivity contribution in [1.29, 1.82) is 0 Å². The summed E-state index contributed by atoms with van der Waals surface area (Å²) in [5.41, 5.74) is 1.82. The first-order chi connectivity index (χ1) is 11.5. The summed E-state index contributed by atoms with van der Waals surface area (Å²) in [6, 6.07) is 1.85. The maximum Gasteiger partial charge on any atom is 0.274 e. The van der Waals surface area contributed by atoms with Gasteiger partial charge in [-0.1, -0.05) is 5.16 Å². The van der Waals surface area contributed by atoms with Crippen LogP contribution in [0.25, 0.3) is 0 Å². The van der Waals surface area contributed by atoms with E-state index in [2.05, 4.69) is 10.3 Å². The summed E-state index contributed by atoms with van der Waals surface area (Å²) in [5, 5.41) is 19.1. The second-order valence-corrected chi connectivity index (χ2v) is 5.93. The molecule has 2 aromatic heterocycles. The van der Waals surface area contributed by atoms with E-state index in [1.807, 2.05) is 36.0 Å². The Balaban J connectivity index is 1.81. The lowest BCUT2D eigenvalue weighted by atomic mass is 10.2. The zero-order chi connectivity index (χ0) is 17.1. The molecule has 0 aromatic carbocycles. The molecule has 1 aliphatic heterocycles. The van der Waals surface area contributed by atoms with Crippen molar-refractivity contribution in [2.45, 2.75) is 26.4 Å². The van der Waals surface area contributed by atoms with Gasteiger partial charge in [-0.05, 0) is 13.3 Å². The minimum Gasteiger partial charge on any atom is -0.359 e. The van der Waals surface area contributed by atoms with Gasteiger partial charge in [0.25, 0.3) is 6.20 Å². The number of nitro groups is 1. The molecule has 0 amide bonds. The van der Waals surface area contributed by atoms with Gasteiger partial charge in [0.1, 0.15) is 0 Å². The smallest absolute Gasteiger partial charge is 0.274 e. The van der Waals surface area contributed by atoms with E-state index in [1.54, 1.807) is 10.9 Å². The third-order valence-electron chi connectivity index (χ3n) is 3.88. The highest BCUT2D eigenvalue weighted by atomic mass is 16.6. The van der Waals surface area contributed by atoms with Gasteiger partial charge in [-0.15, -0.1) is 0 Å². The molecule has 2 aromatic rings. The summed E-state index contributed by atoms with van der Waals surface area (Å²) in [6.07, 6.45) is 5.69. The number of aromatic nitrogens is 3. The van der Waals surface area contributed by atoms with Crippen molar-refractivity contribution in [2.24, 2.45) is 7.05 Å². The Morgan fingerprint density at radius 2 is 2.12 bits per heavy atom. The van der Waals surface area contributed by atoms with Crippen molar-refractivity contribution in [2.75, 3.05) is 13.1 Å². The van der Waals surface area contributed by atoms with Gasteiger partial charge in [0, 0.05) is 44.5 Å². The lowest BCUT2D eigenvalue weighted by Gasteiger charge is -2.38. The molecule has 1 fully saturated rings. The fourth-order valence-electron chi connectivity index (χ4n) is 2.91. The minimum absolute atomic E-state index is 0.407. The molecule has 9 heteroatoms. The second kappa shape index (κ2) is 6.73. The number of hydrogen-bond acceptors (Lipinski definition) is 7. The van der Waals surface area contributed by atoms with Crippen LogP contribution in [0.3, 0.4) is 0 Å². The van der Waals surface area contributed by atoms with E-state index in [4.69, 9.17) is 4.52 Å². The van der Waals surface area contributed by atoms with E-state index in [-0.39, 0.29) is 0 Å². The third kappa shape index (κ3) is 3.73. The van der Waals surface area contributed by atoms with Crippen LogP contribution in [0.4, 0.5) is 0 Å². The molecule has 0 aliphatic carbocycles. The van der Waals surface area contributed by atoms with Crippen molar-refractivity contribution in [1.82, 2.24) is 24.7 Å². The molecule has 1 aliphatic rings. The molecule has 3 rings (SSSR count). The minimum atomic E-state index is -0.407. The SMILES string of the molecule is Cc1cc(CN2CCCN(Cc3cnn(C)c3)/C2=C\[N+](=O)[O-])on1. The van der Waals surface area contributed by atoms with Crippen LogP contribution in [0.5, 0.6) is 0 Å². The van der Waals surface area contributed by atoms with Crippen molar-refractivity contribution in [3.05, 3.63) is 57.6 Å². The number of nitrogens with zero attached hydrogens (tertiary/aromatic N) is 6. The fourth-order valence-corrected chi connectivity index (χ4v) is 2.91. The lowest BCUT2D eigenvalue weighted by Crippen LogP contribution is -2.42. The number of hydrogen-bond donors (Lipinski definition) is 0. The average Bonchev–Trinajstić information content (AvgIpc) is 3.10. The fraction of sp³-hybridized carbons (Fsp3) is 0.467. The van der Waals surface area contributed by atoms with E-state index < -0.39 is 4.92 Å². The van der Waals surface area contributed by atoms with Crippen molar-refractivity contribution >= 4 is 0 Å². The zero-order valence-electron chi connectivity index (χ0n) is 13.8. The Morgan fingerprint density at radius 1 is 1.38 bits per heavy atom. The van der Waals surface area contributed by atoms with Crippen LogP contribution < -0.4 is 0 Å². The molecule has 0 N–H and O–H groups in total. The van der Waals surface area contributed by atoms with Crippen LogP contribution in [0.1, 0.15) is 23.4 Å². The predicted molar refractivity (Wildman–Crippen MR) is 85.0 cm³/mol. The number of aryl methyl sites for hydroxylation is 2. The van der Waals surface area contributed by atoms with Crippen LogP contribution in [-0.2, 0) is 20.1 Å². The van der Waals surface area contributed by atoms with E-state index in [1.165, 1.54) is 0 Å². The summed E-state index contributed by atoms with van der Waals surface area (Å²) >= 11 is 0.